The van der Waals surface area contributed by atoms with E-state index in [1.165, 1.54) is 6.08 Å². The molecule has 1 heterocycles. The van der Waals surface area contributed by atoms with Gasteiger partial charge in [-0.1, -0.05) is 71.4 Å². The lowest BCUT2D eigenvalue weighted by atomic mass is 9.93. The molecule has 3 aliphatic rings. The first-order chi connectivity index (χ1) is 20.4. The van der Waals surface area contributed by atoms with E-state index in [2.05, 4.69) is 36.4 Å². The second-order valence-electron chi connectivity index (χ2n) is 13.2. The van der Waals surface area contributed by atoms with E-state index in [0.717, 1.165) is 11.1 Å². The molecule has 1 aliphatic heterocycles. The topological polar surface area (TPSA) is 134 Å². The molecule has 3 N–H and O–H groups in total. The van der Waals surface area contributed by atoms with E-state index in [4.69, 9.17) is 4.74 Å². The third-order valence-electron chi connectivity index (χ3n) is 9.24. The van der Waals surface area contributed by atoms with Gasteiger partial charge in [-0.15, -0.1) is 6.58 Å². The molecule has 10 heteroatoms. The van der Waals surface area contributed by atoms with Crippen molar-refractivity contribution in [3.8, 4) is 0 Å². The average Bonchev–Trinajstić information content (AvgIpc) is 3.34. The van der Waals surface area contributed by atoms with Gasteiger partial charge in [-0.2, -0.15) is 0 Å². The maximum absolute atomic E-state index is 14.4. The van der Waals surface area contributed by atoms with E-state index in [1.54, 1.807) is 4.90 Å². The molecule has 1 aromatic rings. The first kappa shape index (κ1) is 32.2. The van der Waals surface area contributed by atoms with Gasteiger partial charge < -0.3 is 25.6 Å². The number of ketones is 1. The third-order valence-corrected chi connectivity index (χ3v) is 9.24. The van der Waals surface area contributed by atoms with Crippen molar-refractivity contribution in [2.24, 2.45) is 29.1 Å². The van der Waals surface area contributed by atoms with Gasteiger partial charge in [-0.05, 0) is 59.5 Å². The van der Waals surface area contributed by atoms with Gasteiger partial charge >= 0.3 is 6.09 Å². The van der Waals surface area contributed by atoms with Gasteiger partial charge in [0.2, 0.25) is 17.6 Å². The summed E-state index contributed by atoms with van der Waals surface area (Å²) in [6.07, 6.45) is 2.91. The molecule has 0 spiro atoms. The first-order valence-electron chi connectivity index (χ1n) is 15.4. The van der Waals surface area contributed by atoms with Crippen LogP contribution < -0.4 is 16.0 Å². The Labute approximate surface area is 254 Å². The molecule has 2 fully saturated rings. The van der Waals surface area contributed by atoms with Crippen LogP contribution in [0, 0.1) is 29.1 Å². The SMILES string of the molecule is C=CCNC(=O)C(=O)C(CCC)NC(=O)C1C2C(CN1C(=O)[C@@H](NC(=O)OCC(C)C)C1Cc3ccccc3C1)C2(C)C. The number of Topliss-reactive ketones (excluding diaryl/α,β-unsaturated/α-hetero) is 1. The number of nitrogens with zero attached hydrogens (tertiary/aromatic N) is 1. The molecule has 4 rings (SSSR count). The summed E-state index contributed by atoms with van der Waals surface area (Å²) in [5, 5.41) is 8.15. The third kappa shape index (κ3) is 6.94. The minimum Gasteiger partial charge on any atom is -0.449 e. The quantitative estimate of drug-likeness (QED) is 0.238. The van der Waals surface area contributed by atoms with Crippen molar-refractivity contribution >= 4 is 29.6 Å². The fourth-order valence-electron chi connectivity index (χ4n) is 6.84. The zero-order chi connectivity index (χ0) is 31.5. The number of rotatable bonds is 13. The zero-order valence-electron chi connectivity index (χ0n) is 26.0. The number of likely N-dealkylation sites (tertiary alicyclic amines) is 1. The highest BCUT2D eigenvalue weighted by Crippen LogP contribution is 2.65. The van der Waals surface area contributed by atoms with Crippen molar-refractivity contribution in [3.05, 3.63) is 48.0 Å². The van der Waals surface area contributed by atoms with Crippen molar-refractivity contribution in [2.45, 2.75) is 78.4 Å². The average molecular weight is 595 g/mol. The van der Waals surface area contributed by atoms with E-state index in [-0.39, 0.29) is 54.6 Å². The van der Waals surface area contributed by atoms with Crippen molar-refractivity contribution in [3.63, 3.8) is 0 Å². The van der Waals surface area contributed by atoms with Gasteiger partial charge in [0.1, 0.15) is 12.1 Å². The summed E-state index contributed by atoms with van der Waals surface area (Å²) in [6, 6.07) is 5.28. The summed E-state index contributed by atoms with van der Waals surface area (Å²) in [5.74, 6) is -2.35. The molecule has 5 atom stereocenters. The van der Waals surface area contributed by atoms with Crippen molar-refractivity contribution < 1.29 is 28.7 Å². The Balaban J connectivity index is 1.57. The van der Waals surface area contributed by atoms with Gasteiger partial charge in [0.15, 0.2) is 0 Å². The highest BCUT2D eigenvalue weighted by Gasteiger charge is 2.69. The van der Waals surface area contributed by atoms with Crippen LogP contribution in [0.3, 0.4) is 0 Å². The van der Waals surface area contributed by atoms with Crippen LogP contribution >= 0.6 is 0 Å². The van der Waals surface area contributed by atoms with Crippen LogP contribution in [0.25, 0.3) is 0 Å². The molecule has 0 bridgehead atoms. The lowest BCUT2D eigenvalue weighted by molar-refractivity contribution is -0.144. The van der Waals surface area contributed by atoms with Gasteiger partial charge in [-0.3, -0.25) is 19.2 Å². The van der Waals surface area contributed by atoms with Crippen LogP contribution in [-0.4, -0.2) is 72.3 Å². The molecule has 2 aliphatic carbocycles. The second-order valence-corrected chi connectivity index (χ2v) is 13.2. The summed E-state index contributed by atoms with van der Waals surface area (Å²) in [5.41, 5.74) is 2.11. The molecule has 4 unspecified atom stereocenters. The normalized spacial score (nSPS) is 23.0. The maximum Gasteiger partial charge on any atom is 0.407 e. The van der Waals surface area contributed by atoms with Crippen LogP contribution in [0.4, 0.5) is 4.79 Å². The first-order valence-corrected chi connectivity index (χ1v) is 15.4. The summed E-state index contributed by atoms with van der Waals surface area (Å²) in [7, 11) is 0. The monoisotopic (exact) mass is 594 g/mol. The number of piperidine rings is 1. The predicted molar refractivity (Wildman–Crippen MR) is 162 cm³/mol. The molecule has 1 saturated carbocycles. The van der Waals surface area contributed by atoms with E-state index in [1.807, 2.05) is 45.0 Å². The molecule has 43 heavy (non-hydrogen) atoms. The summed E-state index contributed by atoms with van der Waals surface area (Å²) in [4.78, 5) is 68.1. The smallest absolute Gasteiger partial charge is 0.407 e. The number of hydrogen-bond acceptors (Lipinski definition) is 6. The number of carbonyl (C=O) groups excluding carboxylic acids is 5. The molecular weight excluding hydrogens is 548 g/mol. The van der Waals surface area contributed by atoms with Gasteiger partial charge in [0, 0.05) is 13.1 Å². The van der Waals surface area contributed by atoms with Gasteiger partial charge in [0.05, 0.1) is 12.6 Å². The molecule has 1 aromatic carbocycles. The van der Waals surface area contributed by atoms with Crippen LogP contribution in [0.1, 0.15) is 58.6 Å². The summed E-state index contributed by atoms with van der Waals surface area (Å²) in [6.45, 7) is 14.2. The lowest BCUT2D eigenvalue weighted by Gasteiger charge is -2.35. The number of benzene rings is 1. The van der Waals surface area contributed by atoms with E-state index in [9.17, 15) is 24.0 Å². The summed E-state index contributed by atoms with van der Waals surface area (Å²) < 4.78 is 5.40. The molecular formula is C33H46N4O6. The number of hydrogen-bond donors (Lipinski definition) is 3. The highest BCUT2D eigenvalue weighted by atomic mass is 16.5. The number of carbonyl (C=O) groups is 5. The minimum atomic E-state index is -1.01. The van der Waals surface area contributed by atoms with Crippen molar-refractivity contribution in [1.29, 1.82) is 0 Å². The Morgan fingerprint density at radius 2 is 1.74 bits per heavy atom. The van der Waals surface area contributed by atoms with E-state index < -0.39 is 41.8 Å². The number of fused-ring (bicyclic) bond motifs is 2. The molecule has 4 amide bonds. The van der Waals surface area contributed by atoms with Crippen LogP contribution in [-0.2, 0) is 36.8 Å². The number of nitrogens with one attached hydrogen (secondary N) is 3. The lowest BCUT2D eigenvalue weighted by Crippen LogP contribution is -2.59. The van der Waals surface area contributed by atoms with Crippen LogP contribution in [0.5, 0.6) is 0 Å². The molecule has 0 radical (unpaired) electrons. The van der Waals surface area contributed by atoms with Crippen LogP contribution in [0.2, 0.25) is 0 Å². The Bertz CT molecular complexity index is 1230. The standard InChI is InChI=1S/C33H46N4O6/c1-7-11-24(28(38)30(40)34-14-8-2)35-29(39)27-25-23(33(25,5)6)17-37(27)31(41)26(36-32(42)43-18-19(3)4)22-15-20-12-9-10-13-21(20)16-22/h8-10,12-13,19,22-27H,2,7,11,14-18H2,1,3-6H3,(H,34,40)(H,35,39)(H,36,42)/t23?,24?,25?,26-,27?/m0/s1. The number of ether oxygens (including phenoxy) is 1. The van der Waals surface area contributed by atoms with Gasteiger partial charge in [-0.25, -0.2) is 4.79 Å². The molecule has 234 valence electrons. The van der Waals surface area contributed by atoms with E-state index in [0.29, 0.717) is 25.8 Å². The second kappa shape index (κ2) is 13.3. The Morgan fingerprint density at radius 1 is 1.09 bits per heavy atom. The largest absolute Gasteiger partial charge is 0.449 e. The Morgan fingerprint density at radius 3 is 2.33 bits per heavy atom. The van der Waals surface area contributed by atoms with Crippen molar-refractivity contribution in [1.82, 2.24) is 20.9 Å². The predicted octanol–water partition coefficient (Wildman–Crippen LogP) is 2.79. The Hall–Kier alpha value is -3.69. The number of amides is 4. The number of alkyl carbamates (subject to hydrolysis) is 1. The Kier molecular flexibility index (Phi) is 9.97. The van der Waals surface area contributed by atoms with Crippen LogP contribution in [0.15, 0.2) is 36.9 Å². The zero-order valence-corrected chi connectivity index (χ0v) is 26.0. The maximum atomic E-state index is 14.4. The molecule has 1 saturated heterocycles. The molecule has 0 aromatic heterocycles. The van der Waals surface area contributed by atoms with Gasteiger partial charge in [0.25, 0.3) is 5.91 Å². The van der Waals surface area contributed by atoms with E-state index >= 15 is 0 Å². The minimum absolute atomic E-state index is 0.0993. The van der Waals surface area contributed by atoms with Crippen molar-refractivity contribution in [2.75, 3.05) is 19.7 Å². The molecule has 10 nitrogen and oxygen atoms in total. The fourth-order valence-corrected chi connectivity index (χ4v) is 6.84. The fraction of sp³-hybridized carbons (Fsp3) is 0.606. The highest BCUT2D eigenvalue weighted by molar-refractivity contribution is 6.38. The summed E-state index contributed by atoms with van der Waals surface area (Å²) >= 11 is 0.